The van der Waals surface area contributed by atoms with Crippen LogP contribution in [0.5, 0.6) is 11.6 Å². The molecule has 0 spiro atoms. The van der Waals surface area contributed by atoms with E-state index in [0.29, 0.717) is 17.2 Å². The van der Waals surface area contributed by atoms with Crippen LogP contribution in [0.3, 0.4) is 0 Å². The molecule has 0 radical (unpaired) electrons. The molecule has 21 heavy (non-hydrogen) atoms. The van der Waals surface area contributed by atoms with Crippen molar-refractivity contribution < 1.29 is 4.74 Å². The monoisotopic (exact) mass is 300 g/mol. The summed E-state index contributed by atoms with van der Waals surface area (Å²) in [5.74, 6) is 0.992. The fourth-order valence-electron chi connectivity index (χ4n) is 1.89. The first kappa shape index (κ1) is 15.3. The standard InChI is InChI=1S/C17H17ClN2O/c1-4-17(2,3)13-5-7-14(8-6-13)21-16-10-12(11-19)9-15(18)20-16/h5-10H,4H2,1-3H3. The number of benzene rings is 1. The molecule has 3 nitrogen and oxygen atoms in total. The number of nitriles is 1. The third kappa shape index (κ3) is 3.74. The molecule has 0 N–H and O–H groups in total. The summed E-state index contributed by atoms with van der Waals surface area (Å²) in [6.07, 6.45) is 1.06. The number of pyridine rings is 1. The van der Waals surface area contributed by atoms with E-state index in [0.717, 1.165) is 6.42 Å². The van der Waals surface area contributed by atoms with Crippen molar-refractivity contribution in [3.05, 3.63) is 52.7 Å². The molecule has 2 rings (SSSR count). The van der Waals surface area contributed by atoms with Crippen molar-refractivity contribution in [3.8, 4) is 17.7 Å². The fraction of sp³-hybridized carbons (Fsp3) is 0.294. The molecule has 108 valence electrons. The predicted octanol–water partition coefficient (Wildman–Crippen LogP) is 5.09. The second-order valence-corrected chi connectivity index (χ2v) is 5.88. The Morgan fingerprint density at radius 1 is 1.24 bits per heavy atom. The molecule has 0 saturated carbocycles. The van der Waals surface area contributed by atoms with Gasteiger partial charge in [0.1, 0.15) is 10.9 Å². The van der Waals surface area contributed by atoms with E-state index in [1.807, 2.05) is 18.2 Å². The van der Waals surface area contributed by atoms with Crippen molar-refractivity contribution in [2.45, 2.75) is 32.6 Å². The molecule has 0 saturated heterocycles. The zero-order valence-electron chi connectivity index (χ0n) is 12.4. The van der Waals surface area contributed by atoms with Crippen LogP contribution < -0.4 is 4.74 Å². The van der Waals surface area contributed by atoms with Gasteiger partial charge in [-0.3, -0.25) is 0 Å². The molecule has 0 aliphatic rings. The van der Waals surface area contributed by atoms with Crippen LogP contribution >= 0.6 is 11.6 Å². The van der Waals surface area contributed by atoms with Crippen LogP contribution in [0, 0.1) is 11.3 Å². The van der Waals surface area contributed by atoms with Gasteiger partial charge in [-0.25, -0.2) is 4.98 Å². The average molecular weight is 301 g/mol. The summed E-state index contributed by atoms with van der Waals surface area (Å²) in [6.45, 7) is 6.59. The van der Waals surface area contributed by atoms with Crippen molar-refractivity contribution in [1.29, 1.82) is 5.26 Å². The molecule has 0 aliphatic carbocycles. The van der Waals surface area contributed by atoms with E-state index >= 15 is 0 Å². The zero-order valence-corrected chi connectivity index (χ0v) is 13.1. The summed E-state index contributed by atoms with van der Waals surface area (Å²) < 4.78 is 5.66. The Morgan fingerprint density at radius 3 is 2.48 bits per heavy atom. The number of ether oxygens (including phenoxy) is 1. The first-order valence-electron chi connectivity index (χ1n) is 6.80. The minimum absolute atomic E-state index is 0.140. The second-order valence-electron chi connectivity index (χ2n) is 5.49. The topological polar surface area (TPSA) is 45.9 Å². The van der Waals surface area contributed by atoms with Crippen molar-refractivity contribution in [1.82, 2.24) is 4.98 Å². The summed E-state index contributed by atoms with van der Waals surface area (Å²) in [5, 5.41) is 9.16. The highest BCUT2D eigenvalue weighted by molar-refractivity contribution is 6.29. The van der Waals surface area contributed by atoms with E-state index in [1.54, 1.807) is 6.07 Å². The van der Waals surface area contributed by atoms with Crippen LogP contribution in [0.25, 0.3) is 0 Å². The second kappa shape index (κ2) is 6.15. The minimum atomic E-state index is 0.140. The lowest BCUT2D eigenvalue weighted by Crippen LogP contribution is -2.14. The van der Waals surface area contributed by atoms with Gasteiger partial charge in [-0.1, -0.05) is 44.5 Å². The normalized spacial score (nSPS) is 11.0. The van der Waals surface area contributed by atoms with Crippen molar-refractivity contribution in [2.75, 3.05) is 0 Å². The summed E-state index contributed by atoms with van der Waals surface area (Å²) in [4.78, 5) is 4.06. The Labute approximate surface area is 130 Å². The molecule has 1 aromatic carbocycles. The smallest absolute Gasteiger partial charge is 0.221 e. The van der Waals surface area contributed by atoms with Crippen molar-refractivity contribution in [2.24, 2.45) is 0 Å². The molecule has 0 fully saturated rings. The van der Waals surface area contributed by atoms with Crippen LogP contribution in [0.4, 0.5) is 0 Å². The molecule has 0 amide bonds. The van der Waals surface area contributed by atoms with Gasteiger partial charge in [0, 0.05) is 6.07 Å². The number of nitrogens with zero attached hydrogens (tertiary/aromatic N) is 2. The van der Waals surface area contributed by atoms with Crippen LogP contribution in [0.1, 0.15) is 38.3 Å². The van der Waals surface area contributed by atoms with Gasteiger partial charge < -0.3 is 4.74 Å². The maximum Gasteiger partial charge on any atom is 0.221 e. The fourth-order valence-corrected chi connectivity index (χ4v) is 2.09. The van der Waals surface area contributed by atoms with Crippen LogP contribution in [-0.2, 0) is 5.41 Å². The zero-order chi connectivity index (χ0) is 15.5. The number of aromatic nitrogens is 1. The van der Waals surface area contributed by atoms with E-state index in [1.165, 1.54) is 11.6 Å². The Kier molecular flexibility index (Phi) is 4.50. The van der Waals surface area contributed by atoms with Crippen LogP contribution in [0.2, 0.25) is 5.15 Å². The van der Waals surface area contributed by atoms with Crippen molar-refractivity contribution >= 4 is 11.6 Å². The summed E-state index contributed by atoms with van der Waals surface area (Å²) in [7, 11) is 0. The average Bonchev–Trinajstić information content (AvgIpc) is 2.47. The van der Waals surface area contributed by atoms with E-state index < -0.39 is 0 Å². The van der Waals surface area contributed by atoms with Gasteiger partial charge in [-0.05, 0) is 35.6 Å². The number of hydrogen-bond acceptors (Lipinski definition) is 3. The molecular weight excluding hydrogens is 284 g/mol. The molecule has 4 heteroatoms. The maximum absolute atomic E-state index is 8.91. The lowest BCUT2D eigenvalue weighted by molar-refractivity contribution is 0.460. The molecule has 0 bridgehead atoms. The predicted molar refractivity (Wildman–Crippen MR) is 83.8 cm³/mol. The number of rotatable bonds is 4. The van der Waals surface area contributed by atoms with E-state index in [4.69, 9.17) is 21.6 Å². The minimum Gasteiger partial charge on any atom is -0.439 e. The van der Waals surface area contributed by atoms with E-state index in [2.05, 4.69) is 37.9 Å². The third-order valence-corrected chi connectivity index (χ3v) is 3.84. The molecule has 0 atom stereocenters. The third-order valence-electron chi connectivity index (χ3n) is 3.64. The highest BCUT2D eigenvalue weighted by Crippen LogP contribution is 2.29. The highest BCUT2D eigenvalue weighted by atomic mass is 35.5. The SMILES string of the molecule is CCC(C)(C)c1ccc(Oc2cc(C#N)cc(Cl)n2)cc1. The Morgan fingerprint density at radius 2 is 1.90 bits per heavy atom. The quantitative estimate of drug-likeness (QED) is 0.739. The van der Waals surface area contributed by atoms with Gasteiger partial charge in [0.05, 0.1) is 11.6 Å². The molecular formula is C17H17ClN2O. The Hall–Kier alpha value is -2.05. The summed E-state index contributed by atoms with van der Waals surface area (Å²) in [6, 6.07) is 13.0. The van der Waals surface area contributed by atoms with Gasteiger partial charge >= 0.3 is 0 Å². The highest BCUT2D eigenvalue weighted by Gasteiger charge is 2.17. The molecule has 0 aliphatic heterocycles. The Bertz CT molecular complexity index is 672. The molecule has 1 heterocycles. The first-order valence-corrected chi connectivity index (χ1v) is 7.18. The van der Waals surface area contributed by atoms with Crippen LogP contribution in [-0.4, -0.2) is 4.98 Å². The van der Waals surface area contributed by atoms with Gasteiger partial charge in [0.2, 0.25) is 5.88 Å². The molecule has 0 unspecified atom stereocenters. The van der Waals surface area contributed by atoms with Crippen molar-refractivity contribution in [3.63, 3.8) is 0 Å². The number of hydrogen-bond donors (Lipinski definition) is 0. The Balaban J connectivity index is 2.21. The molecule has 2 aromatic rings. The summed E-state index contributed by atoms with van der Waals surface area (Å²) in [5.41, 5.74) is 1.82. The van der Waals surface area contributed by atoms with E-state index in [9.17, 15) is 0 Å². The van der Waals surface area contributed by atoms with Crippen LogP contribution in [0.15, 0.2) is 36.4 Å². The van der Waals surface area contributed by atoms with Gasteiger partial charge in [0.25, 0.3) is 0 Å². The van der Waals surface area contributed by atoms with E-state index in [-0.39, 0.29) is 10.6 Å². The first-order chi connectivity index (χ1) is 9.94. The lowest BCUT2D eigenvalue weighted by atomic mass is 9.82. The largest absolute Gasteiger partial charge is 0.439 e. The van der Waals surface area contributed by atoms with Gasteiger partial charge in [-0.15, -0.1) is 0 Å². The maximum atomic E-state index is 8.91. The molecule has 1 aromatic heterocycles. The number of halogens is 1. The van der Waals surface area contributed by atoms with Gasteiger partial charge in [-0.2, -0.15) is 5.26 Å². The summed E-state index contributed by atoms with van der Waals surface area (Å²) >= 11 is 5.86. The van der Waals surface area contributed by atoms with Gasteiger partial charge in [0.15, 0.2) is 0 Å². The lowest BCUT2D eigenvalue weighted by Gasteiger charge is -2.23.